The van der Waals surface area contributed by atoms with Gasteiger partial charge in [-0.25, -0.2) is 13.5 Å². The summed E-state index contributed by atoms with van der Waals surface area (Å²) in [5.74, 6) is -0.649. The van der Waals surface area contributed by atoms with Crippen LogP contribution in [0.15, 0.2) is 42.7 Å². The van der Waals surface area contributed by atoms with Crippen LogP contribution in [0.5, 0.6) is 0 Å². The van der Waals surface area contributed by atoms with Crippen molar-refractivity contribution in [1.29, 1.82) is 5.26 Å². The molecule has 5 nitrogen and oxygen atoms in total. The zero-order valence-electron chi connectivity index (χ0n) is 15.6. The fourth-order valence-corrected chi connectivity index (χ4v) is 3.72. The minimum atomic E-state index is -0.673. The fraction of sp³-hybridized carbons (Fsp3) is 0.286. The van der Waals surface area contributed by atoms with Gasteiger partial charge in [-0.2, -0.15) is 10.2 Å². The molecule has 0 unspecified atom stereocenters. The van der Waals surface area contributed by atoms with Crippen molar-refractivity contribution in [3.05, 3.63) is 65.5 Å². The van der Waals surface area contributed by atoms with E-state index in [1.54, 1.807) is 0 Å². The molecule has 0 bridgehead atoms. The lowest BCUT2D eigenvalue weighted by Crippen LogP contribution is -2.31. The molecule has 0 radical (unpaired) electrons. The first-order valence-electron chi connectivity index (χ1n) is 9.02. The molecule has 3 aromatic rings. The van der Waals surface area contributed by atoms with E-state index in [-0.39, 0.29) is 11.1 Å². The molecule has 1 aromatic heterocycles. The summed E-state index contributed by atoms with van der Waals surface area (Å²) in [6.45, 7) is 4.00. The largest absolute Gasteiger partial charge is 0.323 e. The Labute approximate surface area is 161 Å². The molecule has 28 heavy (non-hydrogen) atoms. The van der Waals surface area contributed by atoms with Crippen LogP contribution in [0.25, 0.3) is 5.69 Å². The number of nitriles is 1. The smallest absolute Gasteiger partial charge is 0.246 e. The zero-order chi connectivity index (χ0) is 19.9. The second-order valence-electron chi connectivity index (χ2n) is 7.68. The van der Waals surface area contributed by atoms with Gasteiger partial charge in [0.05, 0.1) is 17.2 Å². The van der Waals surface area contributed by atoms with Crippen LogP contribution in [0.1, 0.15) is 36.8 Å². The van der Waals surface area contributed by atoms with Crippen molar-refractivity contribution in [3.8, 4) is 11.8 Å². The molecule has 1 aliphatic rings. The van der Waals surface area contributed by atoms with Crippen LogP contribution >= 0.6 is 0 Å². The molecule has 1 heterocycles. The van der Waals surface area contributed by atoms with Crippen LogP contribution in [-0.2, 0) is 0 Å². The Morgan fingerprint density at radius 2 is 1.86 bits per heavy atom. The van der Waals surface area contributed by atoms with Crippen LogP contribution in [0.3, 0.4) is 0 Å². The van der Waals surface area contributed by atoms with Gasteiger partial charge in [0.2, 0.25) is 5.95 Å². The number of aryl methyl sites for hydroxylation is 1. The summed E-state index contributed by atoms with van der Waals surface area (Å²) >= 11 is 0. The maximum atomic E-state index is 13.4. The predicted molar refractivity (Wildman–Crippen MR) is 101 cm³/mol. The zero-order valence-corrected chi connectivity index (χ0v) is 15.6. The third-order valence-corrected chi connectivity index (χ3v) is 5.09. The first-order valence-corrected chi connectivity index (χ1v) is 9.02. The summed E-state index contributed by atoms with van der Waals surface area (Å²) in [6.07, 6.45) is 3.10. The summed E-state index contributed by atoms with van der Waals surface area (Å²) in [7, 11) is 0. The van der Waals surface area contributed by atoms with Crippen molar-refractivity contribution in [3.63, 3.8) is 0 Å². The Kier molecular flexibility index (Phi) is 4.34. The van der Waals surface area contributed by atoms with Crippen molar-refractivity contribution in [2.75, 3.05) is 5.32 Å². The van der Waals surface area contributed by atoms with Gasteiger partial charge in [-0.15, -0.1) is 5.10 Å². The van der Waals surface area contributed by atoms with E-state index >= 15 is 0 Å². The number of benzene rings is 2. The number of anilines is 2. The van der Waals surface area contributed by atoms with Gasteiger partial charge < -0.3 is 5.32 Å². The predicted octanol–water partition coefficient (Wildman–Crippen LogP) is 5.00. The molecule has 2 aromatic carbocycles. The third-order valence-electron chi connectivity index (χ3n) is 5.09. The second-order valence-corrected chi connectivity index (χ2v) is 7.68. The van der Waals surface area contributed by atoms with Gasteiger partial charge in [0.1, 0.15) is 18.0 Å². The number of nitrogens with zero attached hydrogens (tertiary/aromatic N) is 4. The van der Waals surface area contributed by atoms with Gasteiger partial charge in [-0.05, 0) is 68.0 Å². The standard InChI is InChI=1S/C21H19F2N5/c1-13-3-14(15-9-21(2,10-15)11-24)5-18(4-13)26-20-25-12-28(27-20)19-7-16(22)6-17(23)8-19/h3-8,12,15H,9-10H2,1-2H3,(H,26,27). The average Bonchev–Trinajstić information content (AvgIpc) is 3.06. The van der Waals surface area contributed by atoms with E-state index in [0.717, 1.165) is 30.2 Å². The Morgan fingerprint density at radius 1 is 1.14 bits per heavy atom. The topological polar surface area (TPSA) is 66.5 Å². The van der Waals surface area contributed by atoms with Gasteiger partial charge in [-0.1, -0.05) is 6.07 Å². The van der Waals surface area contributed by atoms with Crippen LogP contribution in [0, 0.1) is 35.3 Å². The molecule has 142 valence electrons. The highest BCUT2D eigenvalue weighted by atomic mass is 19.1. The van der Waals surface area contributed by atoms with Gasteiger partial charge in [-0.3, -0.25) is 0 Å². The Morgan fingerprint density at radius 3 is 2.54 bits per heavy atom. The molecule has 0 aliphatic heterocycles. The molecular weight excluding hydrogens is 360 g/mol. The van der Waals surface area contributed by atoms with Gasteiger partial charge >= 0.3 is 0 Å². The number of halogens is 2. The summed E-state index contributed by atoms with van der Waals surface area (Å²) in [6, 6.07) is 11.7. The molecule has 0 atom stereocenters. The normalized spacial score (nSPS) is 21.0. The number of aromatic nitrogens is 3. The van der Waals surface area contributed by atoms with E-state index in [0.29, 0.717) is 11.9 Å². The molecule has 1 aliphatic carbocycles. The Bertz CT molecular complexity index is 1060. The molecule has 4 rings (SSSR count). The highest BCUT2D eigenvalue weighted by molar-refractivity contribution is 5.57. The van der Waals surface area contributed by atoms with E-state index in [2.05, 4.69) is 27.5 Å². The summed E-state index contributed by atoms with van der Waals surface area (Å²) in [5, 5.41) is 16.6. The molecule has 0 spiro atoms. The lowest BCUT2D eigenvalue weighted by atomic mass is 9.62. The maximum absolute atomic E-state index is 13.4. The molecule has 1 saturated carbocycles. The lowest BCUT2D eigenvalue weighted by molar-refractivity contribution is 0.199. The van der Waals surface area contributed by atoms with Crippen LogP contribution in [0.4, 0.5) is 20.4 Å². The first kappa shape index (κ1) is 18.1. The van der Waals surface area contributed by atoms with Crippen molar-refractivity contribution in [1.82, 2.24) is 14.8 Å². The second kappa shape index (κ2) is 6.71. The molecule has 1 fully saturated rings. The van der Waals surface area contributed by atoms with Crippen molar-refractivity contribution in [2.24, 2.45) is 5.41 Å². The molecular formula is C21H19F2N5. The summed E-state index contributed by atoms with van der Waals surface area (Å²) in [4.78, 5) is 4.17. The SMILES string of the molecule is Cc1cc(Nc2ncn(-c3cc(F)cc(F)c3)n2)cc(C2CC(C)(C#N)C2)c1. The van der Waals surface area contributed by atoms with Crippen molar-refractivity contribution < 1.29 is 8.78 Å². The fourth-order valence-electron chi connectivity index (χ4n) is 3.72. The number of hydrogen-bond donors (Lipinski definition) is 1. The monoisotopic (exact) mass is 379 g/mol. The summed E-state index contributed by atoms with van der Waals surface area (Å²) < 4.78 is 28.1. The quantitative estimate of drug-likeness (QED) is 0.692. The molecule has 1 N–H and O–H groups in total. The number of rotatable bonds is 4. The van der Waals surface area contributed by atoms with Gasteiger partial charge in [0.15, 0.2) is 0 Å². The lowest BCUT2D eigenvalue weighted by Gasteiger charge is -2.40. The van der Waals surface area contributed by atoms with E-state index < -0.39 is 11.6 Å². The Balaban J connectivity index is 1.54. The highest BCUT2D eigenvalue weighted by Crippen LogP contribution is 2.50. The third kappa shape index (κ3) is 3.58. The van der Waals surface area contributed by atoms with Crippen LogP contribution < -0.4 is 5.32 Å². The van der Waals surface area contributed by atoms with Gasteiger partial charge in [0.25, 0.3) is 0 Å². The van der Waals surface area contributed by atoms with Crippen LogP contribution in [0.2, 0.25) is 0 Å². The average molecular weight is 379 g/mol. The molecule has 0 saturated heterocycles. The van der Waals surface area contributed by atoms with E-state index in [4.69, 9.17) is 0 Å². The first-order chi connectivity index (χ1) is 13.3. The minimum Gasteiger partial charge on any atom is -0.323 e. The highest BCUT2D eigenvalue weighted by Gasteiger charge is 2.41. The van der Waals surface area contributed by atoms with E-state index in [1.807, 2.05) is 26.0 Å². The van der Waals surface area contributed by atoms with Crippen LogP contribution in [-0.4, -0.2) is 14.8 Å². The molecule has 7 heteroatoms. The molecule has 0 amide bonds. The van der Waals surface area contributed by atoms with Crippen molar-refractivity contribution >= 4 is 11.6 Å². The van der Waals surface area contributed by atoms with E-state index in [1.165, 1.54) is 28.7 Å². The maximum Gasteiger partial charge on any atom is 0.246 e. The Hall–Kier alpha value is -3.27. The van der Waals surface area contributed by atoms with Crippen molar-refractivity contribution in [2.45, 2.75) is 32.6 Å². The number of hydrogen-bond acceptors (Lipinski definition) is 4. The van der Waals surface area contributed by atoms with Gasteiger partial charge in [0, 0.05) is 11.8 Å². The number of nitrogens with one attached hydrogen (secondary N) is 1. The van der Waals surface area contributed by atoms with E-state index in [9.17, 15) is 14.0 Å². The minimum absolute atomic E-state index is 0.234. The summed E-state index contributed by atoms with van der Waals surface area (Å²) in [5.41, 5.74) is 3.14.